The zero-order chi connectivity index (χ0) is 13.9. The molecule has 6 nitrogen and oxygen atoms in total. The van der Waals surface area contributed by atoms with Gasteiger partial charge in [-0.15, -0.1) is 0 Å². The molecule has 1 aromatic rings. The normalized spacial score (nSPS) is 18.2. The van der Waals surface area contributed by atoms with Crippen LogP contribution < -0.4 is 0 Å². The number of hydrogen-bond acceptors (Lipinski definition) is 4. The average molecular weight is 304 g/mol. The molecule has 2 heterocycles. The van der Waals surface area contributed by atoms with Gasteiger partial charge in [0.25, 0.3) is 10.1 Å². The summed E-state index contributed by atoms with van der Waals surface area (Å²) in [6, 6.07) is 3.58. The number of aliphatic imine (C=N–C) groups is 1. The smallest absolute Gasteiger partial charge is 0.285 e. The number of hydrogen-bond donors (Lipinski definition) is 1. The van der Waals surface area contributed by atoms with Crippen molar-refractivity contribution in [3.8, 4) is 0 Å². The number of nitrogens with zero attached hydrogens (tertiary/aromatic N) is 3. The predicted molar refractivity (Wildman–Crippen MR) is 72.7 cm³/mol. The van der Waals surface area contributed by atoms with Crippen LogP contribution >= 0.6 is 11.6 Å². The first-order valence-corrected chi connectivity index (χ1v) is 7.76. The van der Waals surface area contributed by atoms with Crippen molar-refractivity contribution >= 4 is 27.6 Å². The lowest BCUT2D eigenvalue weighted by atomic mass is 10.3. The Balaban J connectivity index is 2.05. The van der Waals surface area contributed by atoms with Gasteiger partial charge in [0.2, 0.25) is 0 Å². The molecule has 0 aliphatic carbocycles. The molecule has 0 unspecified atom stereocenters. The van der Waals surface area contributed by atoms with Crippen molar-refractivity contribution < 1.29 is 13.0 Å². The van der Waals surface area contributed by atoms with Crippen LogP contribution in [-0.4, -0.2) is 41.1 Å². The minimum atomic E-state index is -4.06. The standard InChI is InChI=1S/C11H14ClN3O3S/c12-10-4-3-9(6-13-10)7-15-5-1-2-11(15)14-8-19(16,17)18/h3-4,6H,1-2,5,7-8H2,(H,16,17,18)/b14-11+. The van der Waals surface area contributed by atoms with Gasteiger partial charge in [-0.05, 0) is 18.1 Å². The monoisotopic (exact) mass is 303 g/mol. The summed E-state index contributed by atoms with van der Waals surface area (Å²) < 4.78 is 30.1. The summed E-state index contributed by atoms with van der Waals surface area (Å²) >= 11 is 5.71. The van der Waals surface area contributed by atoms with Gasteiger partial charge in [-0.1, -0.05) is 17.7 Å². The molecule has 19 heavy (non-hydrogen) atoms. The Labute approximate surface area is 116 Å². The van der Waals surface area contributed by atoms with Crippen LogP contribution in [0.3, 0.4) is 0 Å². The summed E-state index contributed by atoms with van der Waals surface area (Å²) in [6.07, 6.45) is 3.32. The fourth-order valence-electron chi connectivity index (χ4n) is 1.94. The van der Waals surface area contributed by atoms with Gasteiger partial charge < -0.3 is 4.90 Å². The topological polar surface area (TPSA) is 82.9 Å². The third kappa shape index (κ3) is 4.45. The van der Waals surface area contributed by atoms with Crippen LogP contribution in [-0.2, 0) is 16.7 Å². The zero-order valence-electron chi connectivity index (χ0n) is 10.2. The molecule has 0 spiro atoms. The van der Waals surface area contributed by atoms with E-state index in [9.17, 15) is 8.42 Å². The van der Waals surface area contributed by atoms with Crippen molar-refractivity contribution in [1.82, 2.24) is 9.88 Å². The number of aromatic nitrogens is 1. The highest BCUT2D eigenvalue weighted by molar-refractivity contribution is 7.85. The lowest BCUT2D eigenvalue weighted by molar-refractivity contribution is 0.445. The molecule has 1 fully saturated rings. The molecular weight excluding hydrogens is 290 g/mol. The molecule has 0 atom stereocenters. The zero-order valence-corrected chi connectivity index (χ0v) is 11.7. The number of halogens is 1. The number of rotatable bonds is 4. The van der Waals surface area contributed by atoms with Crippen molar-refractivity contribution in [2.45, 2.75) is 19.4 Å². The summed E-state index contributed by atoms with van der Waals surface area (Å²) in [5.74, 6) is 0.116. The van der Waals surface area contributed by atoms with E-state index in [1.807, 2.05) is 11.0 Å². The lowest BCUT2D eigenvalue weighted by Gasteiger charge is -2.18. The highest BCUT2D eigenvalue weighted by Gasteiger charge is 2.19. The van der Waals surface area contributed by atoms with Gasteiger partial charge in [-0.25, -0.2) is 4.98 Å². The SMILES string of the molecule is O=S(=O)(O)C/N=C1\CCCN1Cc1ccc(Cl)nc1. The van der Waals surface area contributed by atoms with Crippen molar-refractivity contribution in [2.75, 3.05) is 12.4 Å². The second-order valence-corrected chi connectivity index (χ2v) is 6.11. The van der Waals surface area contributed by atoms with E-state index in [0.29, 0.717) is 17.5 Å². The summed E-state index contributed by atoms with van der Waals surface area (Å²) in [4.78, 5) is 9.92. The van der Waals surface area contributed by atoms with Crippen molar-refractivity contribution in [3.63, 3.8) is 0 Å². The first-order valence-electron chi connectivity index (χ1n) is 5.78. The molecule has 1 aliphatic rings. The highest BCUT2D eigenvalue weighted by Crippen LogP contribution is 2.16. The third-order valence-electron chi connectivity index (χ3n) is 2.77. The molecule has 0 amide bonds. The highest BCUT2D eigenvalue weighted by atomic mass is 35.5. The van der Waals surface area contributed by atoms with E-state index in [0.717, 1.165) is 24.9 Å². The minimum absolute atomic E-state index is 0.436. The number of pyridine rings is 1. The molecule has 0 saturated carbocycles. The van der Waals surface area contributed by atoms with Crippen LogP contribution in [0.25, 0.3) is 0 Å². The fraction of sp³-hybridized carbons (Fsp3) is 0.455. The van der Waals surface area contributed by atoms with Gasteiger partial charge in [0.1, 0.15) is 11.0 Å². The first kappa shape index (κ1) is 14.2. The molecule has 1 N–H and O–H groups in total. The quantitative estimate of drug-likeness (QED) is 0.674. The molecule has 0 aromatic carbocycles. The van der Waals surface area contributed by atoms with Crippen LogP contribution in [0.5, 0.6) is 0 Å². The molecule has 0 radical (unpaired) electrons. The maximum atomic E-state index is 10.7. The van der Waals surface area contributed by atoms with Crippen LogP contribution in [0.15, 0.2) is 23.3 Å². The second kappa shape index (κ2) is 5.85. The van der Waals surface area contributed by atoms with Crippen LogP contribution in [0.4, 0.5) is 0 Å². The Kier molecular flexibility index (Phi) is 4.38. The molecule has 1 aromatic heterocycles. The van der Waals surface area contributed by atoms with E-state index in [1.165, 1.54) is 0 Å². The number of amidine groups is 1. The van der Waals surface area contributed by atoms with Gasteiger partial charge in [-0.2, -0.15) is 8.42 Å². The van der Waals surface area contributed by atoms with Gasteiger partial charge in [0.15, 0.2) is 5.88 Å². The first-order chi connectivity index (χ1) is 8.94. The summed E-state index contributed by atoms with van der Waals surface area (Å²) in [5.41, 5.74) is 0.978. The van der Waals surface area contributed by atoms with Gasteiger partial charge >= 0.3 is 0 Å². The Morgan fingerprint density at radius 1 is 1.47 bits per heavy atom. The van der Waals surface area contributed by atoms with Crippen LogP contribution in [0.1, 0.15) is 18.4 Å². The average Bonchev–Trinajstić information content (AvgIpc) is 2.76. The Bertz CT molecular complexity index is 571. The van der Waals surface area contributed by atoms with E-state index in [4.69, 9.17) is 16.2 Å². The van der Waals surface area contributed by atoms with Crippen molar-refractivity contribution in [2.24, 2.45) is 4.99 Å². The predicted octanol–water partition coefficient (Wildman–Crippen LogP) is 1.57. The second-order valence-electron chi connectivity index (χ2n) is 4.30. The van der Waals surface area contributed by atoms with Gasteiger partial charge in [-0.3, -0.25) is 9.55 Å². The maximum Gasteiger partial charge on any atom is 0.285 e. The molecule has 8 heteroatoms. The van der Waals surface area contributed by atoms with E-state index in [-0.39, 0.29) is 0 Å². The Morgan fingerprint density at radius 3 is 2.89 bits per heavy atom. The lowest BCUT2D eigenvalue weighted by Crippen LogP contribution is -2.25. The largest absolute Gasteiger partial charge is 0.356 e. The van der Waals surface area contributed by atoms with E-state index in [1.54, 1.807) is 12.3 Å². The minimum Gasteiger partial charge on any atom is -0.356 e. The van der Waals surface area contributed by atoms with E-state index >= 15 is 0 Å². The maximum absolute atomic E-state index is 10.7. The van der Waals surface area contributed by atoms with Crippen LogP contribution in [0, 0.1) is 0 Å². The van der Waals surface area contributed by atoms with E-state index < -0.39 is 16.0 Å². The number of likely N-dealkylation sites (tertiary alicyclic amines) is 1. The Morgan fingerprint density at radius 2 is 2.26 bits per heavy atom. The van der Waals surface area contributed by atoms with Crippen LogP contribution in [0.2, 0.25) is 5.15 Å². The van der Waals surface area contributed by atoms with E-state index in [2.05, 4.69) is 9.98 Å². The Hall–Kier alpha value is -1.18. The van der Waals surface area contributed by atoms with Crippen molar-refractivity contribution in [3.05, 3.63) is 29.0 Å². The van der Waals surface area contributed by atoms with Gasteiger partial charge in [0, 0.05) is 25.7 Å². The van der Waals surface area contributed by atoms with Gasteiger partial charge in [0.05, 0.1) is 0 Å². The fourth-order valence-corrected chi connectivity index (χ4v) is 2.36. The molecular formula is C11H14ClN3O3S. The molecule has 104 valence electrons. The third-order valence-corrected chi connectivity index (χ3v) is 3.44. The summed E-state index contributed by atoms with van der Waals surface area (Å²) in [6.45, 7) is 1.42. The summed E-state index contributed by atoms with van der Waals surface area (Å²) in [7, 11) is -4.06. The molecule has 1 aliphatic heterocycles. The van der Waals surface area contributed by atoms with Crippen molar-refractivity contribution in [1.29, 1.82) is 0 Å². The molecule has 2 rings (SSSR count). The summed E-state index contributed by atoms with van der Waals surface area (Å²) in [5, 5.41) is 0.436. The molecule has 0 bridgehead atoms. The molecule has 1 saturated heterocycles.